The van der Waals surface area contributed by atoms with Crippen molar-refractivity contribution in [3.05, 3.63) is 10.6 Å². The number of aliphatic carboxylic acids is 1. The van der Waals surface area contributed by atoms with Crippen LogP contribution in [0.1, 0.15) is 21.8 Å². The van der Waals surface area contributed by atoms with Crippen molar-refractivity contribution in [2.75, 3.05) is 25.1 Å². The van der Waals surface area contributed by atoms with E-state index in [1.807, 2.05) is 4.90 Å². The third-order valence-electron chi connectivity index (χ3n) is 2.97. The molecule has 1 fully saturated rings. The summed E-state index contributed by atoms with van der Waals surface area (Å²) in [5.74, 6) is -1.58. The van der Waals surface area contributed by atoms with E-state index in [0.29, 0.717) is 30.3 Å². The summed E-state index contributed by atoms with van der Waals surface area (Å²) >= 11 is 1.39. The first-order valence-electron chi connectivity index (χ1n) is 5.56. The van der Waals surface area contributed by atoms with Crippen molar-refractivity contribution in [2.45, 2.75) is 13.3 Å². The number of aromatic nitrogens is 1. The number of carboxylic acid groups (broad SMARTS) is 1. The van der Waals surface area contributed by atoms with Gasteiger partial charge in [0.25, 0.3) is 0 Å². The number of carbonyl (C=O) groups excluding carboxylic acids is 1. The summed E-state index contributed by atoms with van der Waals surface area (Å²) in [5, 5.41) is 9.64. The van der Waals surface area contributed by atoms with Crippen LogP contribution in [0.2, 0.25) is 0 Å². The Morgan fingerprint density at radius 2 is 2.28 bits per heavy atom. The van der Waals surface area contributed by atoms with Gasteiger partial charge in [0.1, 0.15) is 0 Å². The summed E-state index contributed by atoms with van der Waals surface area (Å²) in [6, 6.07) is 0. The number of nitrogens with zero attached hydrogens (tertiary/aromatic N) is 2. The number of hydrogen-bond acceptors (Lipinski definition) is 6. The zero-order valence-corrected chi connectivity index (χ0v) is 11.0. The van der Waals surface area contributed by atoms with E-state index in [4.69, 9.17) is 5.11 Å². The van der Waals surface area contributed by atoms with E-state index in [1.54, 1.807) is 6.92 Å². The normalized spacial score (nSPS) is 19.0. The van der Waals surface area contributed by atoms with Crippen molar-refractivity contribution < 1.29 is 19.4 Å². The highest BCUT2D eigenvalue weighted by molar-refractivity contribution is 7.15. The molecule has 1 N–H and O–H groups in total. The molecule has 0 spiro atoms. The number of methoxy groups -OCH3 is 1. The Kier molecular flexibility index (Phi) is 3.51. The molecule has 7 heteroatoms. The molecule has 1 atom stereocenters. The van der Waals surface area contributed by atoms with E-state index in [0.717, 1.165) is 4.88 Å². The predicted molar refractivity (Wildman–Crippen MR) is 66.1 cm³/mol. The lowest BCUT2D eigenvalue weighted by Crippen LogP contribution is -2.22. The smallest absolute Gasteiger partial charge is 0.357 e. The van der Waals surface area contributed by atoms with Crippen molar-refractivity contribution in [3.8, 4) is 0 Å². The largest absolute Gasteiger partial charge is 0.481 e. The third-order valence-corrected chi connectivity index (χ3v) is 4.00. The standard InChI is InChI=1S/C11H14N2O4S/c1-6-8(10(16)17-2)12-11(18-6)13-4-3-7(5-13)9(14)15/h7H,3-5H2,1-2H3,(H,14,15). The van der Waals surface area contributed by atoms with Crippen molar-refractivity contribution in [1.82, 2.24) is 4.98 Å². The minimum atomic E-state index is -0.779. The van der Waals surface area contributed by atoms with Gasteiger partial charge in [0, 0.05) is 18.0 Å². The first kappa shape index (κ1) is 12.8. The van der Waals surface area contributed by atoms with Crippen LogP contribution < -0.4 is 4.90 Å². The van der Waals surface area contributed by atoms with E-state index < -0.39 is 11.9 Å². The Bertz CT molecular complexity index is 485. The molecule has 0 aliphatic carbocycles. The van der Waals surface area contributed by atoms with Crippen LogP contribution in [0.25, 0.3) is 0 Å². The Morgan fingerprint density at radius 1 is 1.56 bits per heavy atom. The van der Waals surface area contributed by atoms with Gasteiger partial charge in [-0.2, -0.15) is 0 Å². The molecule has 1 aromatic heterocycles. The fraction of sp³-hybridized carbons (Fsp3) is 0.545. The van der Waals surface area contributed by atoms with E-state index in [9.17, 15) is 9.59 Å². The molecule has 6 nitrogen and oxygen atoms in total. The molecule has 1 aliphatic rings. The van der Waals surface area contributed by atoms with Gasteiger partial charge in [0.2, 0.25) is 0 Å². The van der Waals surface area contributed by atoms with Crippen molar-refractivity contribution in [1.29, 1.82) is 0 Å². The van der Waals surface area contributed by atoms with Gasteiger partial charge < -0.3 is 14.7 Å². The zero-order valence-electron chi connectivity index (χ0n) is 10.2. The molecule has 2 rings (SSSR count). The second-order valence-corrected chi connectivity index (χ2v) is 5.34. The summed E-state index contributed by atoms with van der Waals surface area (Å²) in [6.45, 7) is 2.91. The number of carboxylic acids is 1. The lowest BCUT2D eigenvalue weighted by Gasteiger charge is -2.13. The van der Waals surface area contributed by atoms with Gasteiger partial charge in [0.15, 0.2) is 10.8 Å². The number of carbonyl (C=O) groups is 2. The molecular weight excluding hydrogens is 256 g/mol. The van der Waals surface area contributed by atoms with Gasteiger partial charge in [-0.3, -0.25) is 4.79 Å². The molecule has 2 heterocycles. The number of rotatable bonds is 3. The van der Waals surface area contributed by atoms with Gasteiger partial charge in [-0.15, -0.1) is 11.3 Å². The average molecular weight is 270 g/mol. The molecule has 0 bridgehead atoms. The molecule has 0 amide bonds. The minimum Gasteiger partial charge on any atom is -0.481 e. The monoisotopic (exact) mass is 270 g/mol. The van der Waals surface area contributed by atoms with Crippen LogP contribution in [-0.2, 0) is 9.53 Å². The maximum absolute atomic E-state index is 11.4. The highest BCUT2D eigenvalue weighted by atomic mass is 32.1. The second-order valence-electron chi connectivity index (χ2n) is 4.16. The van der Waals surface area contributed by atoms with Gasteiger partial charge in [-0.1, -0.05) is 0 Å². The second kappa shape index (κ2) is 4.93. The molecule has 1 saturated heterocycles. The van der Waals surface area contributed by atoms with E-state index >= 15 is 0 Å². The fourth-order valence-electron chi connectivity index (χ4n) is 1.94. The summed E-state index contributed by atoms with van der Waals surface area (Å²) < 4.78 is 4.65. The quantitative estimate of drug-likeness (QED) is 0.830. The lowest BCUT2D eigenvalue weighted by atomic mass is 10.1. The van der Waals surface area contributed by atoms with Gasteiger partial charge in [-0.05, 0) is 13.3 Å². The molecule has 18 heavy (non-hydrogen) atoms. The molecule has 98 valence electrons. The molecule has 0 saturated carbocycles. The molecule has 1 aliphatic heterocycles. The van der Waals surface area contributed by atoms with Gasteiger partial charge in [0.05, 0.1) is 13.0 Å². The van der Waals surface area contributed by atoms with Crippen LogP contribution in [0.3, 0.4) is 0 Å². The van der Waals surface area contributed by atoms with E-state index in [-0.39, 0.29) is 5.92 Å². The van der Waals surface area contributed by atoms with E-state index in [1.165, 1.54) is 18.4 Å². The average Bonchev–Trinajstić information content (AvgIpc) is 2.94. The minimum absolute atomic E-state index is 0.316. The molecule has 0 aromatic carbocycles. The number of esters is 1. The Labute approximate surface area is 108 Å². The Morgan fingerprint density at radius 3 is 2.83 bits per heavy atom. The van der Waals surface area contributed by atoms with Crippen LogP contribution in [0.15, 0.2) is 0 Å². The fourth-order valence-corrected chi connectivity index (χ4v) is 2.87. The molecule has 1 aromatic rings. The van der Waals surface area contributed by atoms with Crippen molar-refractivity contribution >= 4 is 28.4 Å². The summed E-state index contributed by atoms with van der Waals surface area (Å²) in [7, 11) is 1.32. The maximum atomic E-state index is 11.4. The van der Waals surface area contributed by atoms with Gasteiger partial charge in [-0.25, -0.2) is 9.78 Å². The molecule has 0 radical (unpaired) electrons. The van der Waals surface area contributed by atoms with Gasteiger partial charge >= 0.3 is 11.9 Å². The Hall–Kier alpha value is -1.63. The summed E-state index contributed by atoms with van der Waals surface area (Å²) in [6.07, 6.45) is 0.613. The third kappa shape index (κ3) is 2.31. The first-order chi connectivity index (χ1) is 8.52. The van der Waals surface area contributed by atoms with Crippen molar-refractivity contribution in [3.63, 3.8) is 0 Å². The number of anilines is 1. The zero-order chi connectivity index (χ0) is 13.3. The van der Waals surface area contributed by atoms with Crippen LogP contribution in [-0.4, -0.2) is 42.2 Å². The number of aryl methyl sites for hydroxylation is 1. The lowest BCUT2D eigenvalue weighted by molar-refractivity contribution is -0.140. The Balaban J connectivity index is 2.16. The van der Waals surface area contributed by atoms with Crippen molar-refractivity contribution in [2.24, 2.45) is 5.92 Å². The van der Waals surface area contributed by atoms with Crippen LogP contribution >= 0.6 is 11.3 Å². The predicted octanol–water partition coefficient (Wildman–Crippen LogP) is 1.15. The molecule has 1 unspecified atom stereocenters. The highest BCUT2D eigenvalue weighted by Gasteiger charge is 2.30. The molecular formula is C11H14N2O4S. The summed E-state index contributed by atoms with van der Waals surface area (Å²) in [5.41, 5.74) is 0.316. The van der Waals surface area contributed by atoms with Crippen LogP contribution in [0, 0.1) is 12.8 Å². The number of thiazole rings is 1. The van der Waals surface area contributed by atoms with E-state index in [2.05, 4.69) is 9.72 Å². The topological polar surface area (TPSA) is 79.7 Å². The number of hydrogen-bond donors (Lipinski definition) is 1. The SMILES string of the molecule is COC(=O)c1nc(N2CCC(C(=O)O)C2)sc1C. The number of ether oxygens (including phenoxy) is 1. The highest BCUT2D eigenvalue weighted by Crippen LogP contribution is 2.30. The van der Waals surface area contributed by atoms with Crippen LogP contribution in [0.5, 0.6) is 0 Å². The van der Waals surface area contributed by atoms with Crippen LogP contribution in [0.4, 0.5) is 5.13 Å². The first-order valence-corrected chi connectivity index (χ1v) is 6.38. The summed E-state index contributed by atoms with van der Waals surface area (Å²) in [4.78, 5) is 29.3. The maximum Gasteiger partial charge on any atom is 0.357 e.